The Kier molecular flexibility index (Phi) is 4.04. The number of methoxy groups -OCH3 is 1. The zero-order valence-corrected chi connectivity index (χ0v) is 10.0. The van der Waals surface area contributed by atoms with E-state index >= 15 is 0 Å². The summed E-state index contributed by atoms with van der Waals surface area (Å²) in [6.45, 7) is 3.46. The molecule has 0 saturated carbocycles. The van der Waals surface area contributed by atoms with E-state index in [0.717, 1.165) is 0 Å². The molecule has 1 rings (SSSR count). The number of carbonyl (C=O) groups is 1. The summed E-state index contributed by atoms with van der Waals surface area (Å²) >= 11 is 0. The largest absolute Gasteiger partial charge is 0.468 e. The minimum absolute atomic E-state index is 0.272. The molecule has 4 nitrogen and oxygen atoms in total. The van der Waals surface area contributed by atoms with Crippen LogP contribution in [0.4, 0.5) is 4.39 Å². The van der Waals surface area contributed by atoms with Gasteiger partial charge in [-0.1, -0.05) is 6.92 Å². The van der Waals surface area contributed by atoms with Crippen molar-refractivity contribution in [1.82, 2.24) is 9.78 Å². The second-order valence-corrected chi connectivity index (χ2v) is 3.77. The number of alkyl halides is 1. The number of nitrogens with zero attached hydrogens (tertiary/aromatic N) is 2. The lowest BCUT2D eigenvalue weighted by Crippen LogP contribution is -2.24. The van der Waals surface area contributed by atoms with Crippen molar-refractivity contribution in [2.75, 3.05) is 7.11 Å². The Morgan fingerprint density at radius 2 is 2.31 bits per heavy atom. The van der Waals surface area contributed by atoms with Gasteiger partial charge in [0.15, 0.2) is 0 Å². The molecule has 2 atom stereocenters. The molecule has 1 heterocycles. The molecule has 0 aliphatic carbocycles. The van der Waals surface area contributed by atoms with Crippen LogP contribution < -0.4 is 0 Å². The van der Waals surface area contributed by atoms with E-state index in [9.17, 15) is 9.18 Å². The fourth-order valence-corrected chi connectivity index (χ4v) is 1.76. The van der Waals surface area contributed by atoms with Gasteiger partial charge in [0, 0.05) is 18.8 Å². The second-order valence-electron chi connectivity index (χ2n) is 3.77. The van der Waals surface area contributed by atoms with Crippen LogP contribution in [0, 0.1) is 6.92 Å². The first-order valence-electron chi connectivity index (χ1n) is 5.23. The van der Waals surface area contributed by atoms with E-state index in [4.69, 9.17) is 0 Å². The molecule has 0 spiro atoms. The third-order valence-corrected chi connectivity index (χ3v) is 2.59. The number of esters is 1. The molecule has 1 aromatic heterocycles. The van der Waals surface area contributed by atoms with Crippen molar-refractivity contribution in [2.45, 2.75) is 32.4 Å². The summed E-state index contributed by atoms with van der Waals surface area (Å²) in [5.74, 6) is -1.42. The predicted molar refractivity (Wildman–Crippen MR) is 57.9 cm³/mol. The number of ether oxygens (including phenoxy) is 1. The monoisotopic (exact) mass is 228 g/mol. The number of aromatic nitrogens is 2. The lowest BCUT2D eigenvalue weighted by molar-refractivity contribution is -0.144. The van der Waals surface area contributed by atoms with Gasteiger partial charge in [0.1, 0.15) is 12.1 Å². The molecule has 5 heteroatoms. The summed E-state index contributed by atoms with van der Waals surface area (Å²) in [5, 5.41) is 4.11. The van der Waals surface area contributed by atoms with E-state index in [0.29, 0.717) is 11.3 Å². The van der Waals surface area contributed by atoms with Gasteiger partial charge in [-0.15, -0.1) is 0 Å². The maximum Gasteiger partial charge on any atom is 0.316 e. The average Bonchev–Trinajstić information content (AvgIpc) is 2.57. The Hall–Kier alpha value is -1.39. The SMILES string of the molecule is CCC(F)C(C(=O)OC)c1cn(C)nc1C. The van der Waals surface area contributed by atoms with Crippen molar-refractivity contribution in [3.63, 3.8) is 0 Å². The molecule has 0 amide bonds. The summed E-state index contributed by atoms with van der Waals surface area (Å²) in [5.41, 5.74) is 1.26. The molecule has 0 fully saturated rings. The highest BCUT2D eigenvalue weighted by Crippen LogP contribution is 2.27. The summed E-state index contributed by atoms with van der Waals surface area (Å²) in [6.07, 6.45) is 0.697. The van der Waals surface area contributed by atoms with Crippen LogP contribution in [0.15, 0.2) is 6.20 Å². The quantitative estimate of drug-likeness (QED) is 0.737. The van der Waals surface area contributed by atoms with E-state index in [-0.39, 0.29) is 6.42 Å². The van der Waals surface area contributed by atoms with Crippen molar-refractivity contribution in [3.05, 3.63) is 17.5 Å². The zero-order chi connectivity index (χ0) is 12.3. The first-order chi connectivity index (χ1) is 7.51. The van der Waals surface area contributed by atoms with Crippen LogP contribution in [0.25, 0.3) is 0 Å². The molecule has 0 N–H and O–H groups in total. The highest BCUT2D eigenvalue weighted by atomic mass is 19.1. The van der Waals surface area contributed by atoms with Crippen molar-refractivity contribution in [1.29, 1.82) is 0 Å². The smallest absolute Gasteiger partial charge is 0.316 e. The van der Waals surface area contributed by atoms with Crippen molar-refractivity contribution in [2.24, 2.45) is 7.05 Å². The van der Waals surface area contributed by atoms with Gasteiger partial charge in [0.25, 0.3) is 0 Å². The molecular weight excluding hydrogens is 211 g/mol. The second kappa shape index (κ2) is 5.09. The molecule has 0 bridgehead atoms. The van der Waals surface area contributed by atoms with E-state index in [2.05, 4.69) is 9.84 Å². The van der Waals surface area contributed by atoms with Crippen molar-refractivity contribution < 1.29 is 13.9 Å². The van der Waals surface area contributed by atoms with E-state index < -0.39 is 18.1 Å². The van der Waals surface area contributed by atoms with Gasteiger partial charge in [-0.05, 0) is 13.3 Å². The molecule has 16 heavy (non-hydrogen) atoms. The van der Waals surface area contributed by atoms with Crippen LogP contribution in [0.3, 0.4) is 0 Å². The zero-order valence-electron chi connectivity index (χ0n) is 10.0. The van der Waals surface area contributed by atoms with E-state index in [1.165, 1.54) is 7.11 Å². The summed E-state index contributed by atoms with van der Waals surface area (Å²) in [7, 11) is 3.01. The first kappa shape index (κ1) is 12.7. The highest BCUT2D eigenvalue weighted by Gasteiger charge is 2.32. The molecule has 0 aliphatic rings. The maximum atomic E-state index is 13.8. The van der Waals surface area contributed by atoms with Gasteiger partial charge in [0.05, 0.1) is 12.8 Å². The lowest BCUT2D eigenvalue weighted by Gasteiger charge is -2.17. The number of carbonyl (C=O) groups excluding carboxylic acids is 1. The standard InChI is InChI=1S/C11H17FN2O2/c1-5-9(12)10(11(15)16-4)8-6-14(3)13-7(8)2/h6,9-10H,5H2,1-4H3. The lowest BCUT2D eigenvalue weighted by atomic mass is 9.93. The molecule has 1 aromatic rings. The van der Waals surface area contributed by atoms with Crippen LogP contribution in [-0.2, 0) is 16.6 Å². The van der Waals surface area contributed by atoms with Crippen LogP contribution in [0.1, 0.15) is 30.5 Å². The van der Waals surface area contributed by atoms with Gasteiger partial charge in [-0.3, -0.25) is 9.48 Å². The number of hydrogen-bond acceptors (Lipinski definition) is 3. The van der Waals surface area contributed by atoms with Gasteiger partial charge < -0.3 is 4.74 Å². The van der Waals surface area contributed by atoms with E-state index in [1.54, 1.807) is 31.8 Å². The molecule has 0 aromatic carbocycles. The first-order valence-corrected chi connectivity index (χ1v) is 5.23. The summed E-state index contributed by atoms with van der Waals surface area (Å²) in [6, 6.07) is 0. The van der Waals surface area contributed by atoms with Crippen LogP contribution in [0.2, 0.25) is 0 Å². The van der Waals surface area contributed by atoms with Gasteiger partial charge in [-0.2, -0.15) is 5.10 Å². The molecule has 0 radical (unpaired) electrons. The molecule has 90 valence electrons. The normalized spacial score (nSPS) is 14.6. The Bertz CT molecular complexity index is 376. The van der Waals surface area contributed by atoms with Gasteiger partial charge >= 0.3 is 5.97 Å². The third-order valence-electron chi connectivity index (χ3n) is 2.59. The minimum Gasteiger partial charge on any atom is -0.468 e. The molecule has 2 unspecified atom stereocenters. The number of rotatable bonds is 4. The maximum absolute atomic E-state index is 13.8. The summed E-state index contributed by atoms with van der Waals surface area (Å²) in [4.78, 5) is 11.6. The van der Waals surface area contributed by atoms with Crippen molar-refractivity contribution >= 4 is 5.97 Å². The summed E-state index contributed by atoms with van der Waals surface area (Å²) < 4.78 is 20.0. The third kappa shape index (κ3) is 2.40. The van der Waals surface area contributed by atoms with Gasteiger partial charge in [-0.25, -0.2) is 4.39 Å². The Labute approximate surface area is 94.4 Å². The Morgan fingerprint density at radius 3 is 2.69 bits per heavy atom. The molecule has 0 saturated heterocycles. The van der Waals surface area contributed by atoms with Crippen LogP contribution in [-0.4, -0.2) is 29.0 Å². The van der Waals surface area contributed by atoms with Crippen LogP contribution >= 0.6 is 0 Å². The topological polar surface area (TPSA) is 44.1 Å². The fourth-order valence-electron chi connectivity index (χ4n) is 1.76. The average molecular weight is 228 g/mol. The van der Waals surface area contributed by atoms with Gasteiger partial charge in [0.2, 0.25) is 0 Å². The fraction of sp³-hybridized carbons (Fsp3) is 0.636. The van der Waals surface area contributed by atoms with Crippen molar-refractivity contribution in [3.8, 4) is 0 Å². The Balaban J connectivity index is 3.10. The molecule has 0 aliphatic heterocycles. The number of hydrogen-bond donors (Lipinski definition) is 0. The van der Waals surface area contributed by atoms with E-state index in [1.807, 2.05) is 0 Å². The van der Waals surface area contributed by atoms with Crippen LogP contribution in [0.5, 0.6) is 0 Å². The Morgan fingerprint density at radius 1 is 1.69 bits per heavy atom. The number of aryl methyl sites for hydroxylation is 2. The highest BCUT2D eigenvalue weighted by molar-refractivity contribution is 5.79. The minimum atomic E-state index is -1.24. The number of halogens is 1. The predicted octanol–water partition coefficient (Wildman–Crippen LogP) is 1.73. The molecular formula is C11H17FN2O2.